The summed E-state index contributed by atoms with van der Waals surface area (Å²) in [6.07, 6.45) is 1.45. The van der Waals surface area contributed by atoms with Crippen LogP contribution >= 0.6 is 0 Å². The van der Waals surface area contributed by atoms with Gasteiger partial charge in [-0.05, 0) is 41.8 Å². The second-order valence-corrected chi connectivity index (χ2v) is 8.47. The van der Waals surface area contributed by atoms with Crippen molar-refractivity contribution in [2.75, 3.05) is 13.2 Å². The Morgan fingerprint density at radius 1 is 1.18 bits per heavy atom. The van der Waals surface area contributed by atoms with Crippen LogP contribution in [0.25, 0.3) is 0 Å². The van der Waals surface area contributed by atoms with E-state index in [1.165, 1.54) is 24.3 Å². The number of hydrogen-bond acceptors (Lipinski definition) is 4. The molecule has 0 aliphatic heterocycles. The van der Waals surface area contributed by atoms with E-state index >= 15 is 0 Å². The van der Waals surface area contributed by atoms with Gasteiger partial charge in [-0.2, -0.15) is 0 Å². The molecule has 0 aliphatic rings. The molecule has 0 radical (unpaired) electrons. The largest absolute Gasteiger partial charge is 0.493 e. The molecule has 1 amide bonds. The highest BCUT2D eigenvalue weighted by Crippen LogP contribution is 2.14. The van der Waals surface area contributed by atoms with E-state index in [0.717, 1.165) is 11.3 Å². The monoisotopic (exact) mass is 402 g/mol. The van der Waals surface area contributed by atoms with Crippen LogP contribution < -0.4 is 14.8 Å². The van der Waals surface area contributed by atoms with E-state index in [4.69, 9.17) is 4.74 Å². The zero-order valence-corrected chi connectivity index (χ0v) is 17.0. The molecule has 0 unspecified atom stereocenters. The van der Waals surface area contributed by atoms with Crippen molar-refractivity contribution in [1.29, 1.82) is 0 Å². The van der Waals surface area contributed by atoms with Crippen LogP contribution in [0.2, 0.25) is 0 Å². The Morgan fingerprint density at radius 3 is 2.54 bits per heavy atom. The molecular weight excluding hydrogens is 376 g/mol. The minimum absolute atomic E-state index is 0.0358. The van der Waals surface area contributed by atoms with Crippen molar-refractivity contribution in [1.82, 2.24) is 10.0 Å². The average molecular weight is 403 g/mol. The summed E-state index contributed by atoms with van der Waals surface area (Å²) in [4.78, 5) is 12.4. The topological polar surface area (TPSA) is 84.5 Å². The van der Waals surface area contributed by atoms with Crippen LogP contribution in [0.4, 0.5) is 0 Å². The zero-order chi connectivity index (χ0) is 20.6. The maximum atomic E-state index is 12.4. The summed E-state index contributed by atoms with van der Waals surface area (Å²) in [6.45, 7) is 8.75. The van der Waals surface area contributed by atoms with Crippen LogP contribution in [-0.4, -0.2) is 27.5 Å². The first-order valence-electron chi connectivity index (χ1n) is 9.02. The molecule has 6 nitrogen and oxygen atoms in total. The summed E-state index contributed by atoms with van der Waals surface area (Å²) in [6, 6.07) is 13.4. The van der Waals surface area contributed by atoms with Crippen LogP contribution in [0.15, 0.2) is 66.1 Å². The van der Waals surface area contributed by atoms with Gasteiger partial charge in [-0.25, -0.2) is 13.1 Å². The summed E-state index contributed by atoms with van der Waals surface area (Å²) in [5.41, 5.74) is 1.19. The first kappa shape index (κ1) is 21.7. The Balaban J connectivity index is 1.98. The van der Waals surface area contributed by atoms with E-state index in [-0.39, 0.29) is 22.9 Å². The van der Waals surface area contributed by atoms with Crippen molar-refractivity contribution in [2.24, 2.45) is 5.92 Å². The molecule has 2 N–H and O–H groups in total. The third-order valence-electron chi connectivity index (χ3n) is 3.78. The van der Waals surface area contributed by atoms with Crippen molar-refractivity contribution < 1.29 is 17.9 Å². The van der Waals surface area contributed by atoms with E-state index in [9.17, 15) is 13.2 Å². The van der Waals surface area contributed by atoms with Gasteiger partial charge in [0.1, 0.15) is 5.75 Å². The van der Waals surface area contributed by atoms with Gasteiger partial charge in [0.2, 0.25) is 10.0 Å². The van der Waals surface area contributed by atoms with Gasteiger partial charge < -0.3 is 10.1 Å². The zero-order valence-electron chi connectivity index (χ0n) is 16.1. The van der Waals surface area contributed by atoms with Crippen molar-refractivity contribution >= 4 is 15.9 Å². The molecule has 2 aromatic carbocycles. The highest BCUT2D eigenvalue weighted by molar-refractivity contribution is 7.89. The molecule has 0 aliphatic carbocycles. The van der Waals surface area contributed by atoms with Crippen LogP contribution in [0.3, 0.4) is 0 Å². The minimum Gasteiger partial charge on any atom is -0.493 e. The number of rotatable bonds is 10. The van der Waals surface area contributed by atoms with Gasteiger partial charge in [0, 0.05) is 18.7 Å². The fraction of sp³-hybridized carbons (Fsp3) is 0.286. The summed E-state index contributed by atoms with van der Waals surface area (Å²) in [5, 5.41) is 2.80. The van der Waals surface area contributed by atoms with E-state index in [2.05, 4.69) is 30.5 Å². The van der Waals surface area contributed by atoms with Crippen LogP contribution in [0.1, 0.15) is 29.8 Å². The maximum Gasteiger partial charge on any atom is 0.251 e. The maximum absolute atomic E-state index is 12.4. The molecule has 150 valence electrons. The highest BCUT2D eigenvalue weighted by Gasteiger charge is 2.15. The van der Waals surface area contributed by atoms with Crippen LogP contribution in [-0.2, 0) is 16.6 Å². The second kappa shape index (κ2) is 10.1. The third kappa shape index (κ3) is 6.51. The van der Waals surface area contributed by atoms with Crippen molar-refractivity contribution in [3.05, 3.63) is 72.3 Å². The molecule has 2 aromatic rings. The quantitative estimate of drug-likeness (QED) is 0.598. The van der Waals surface area contributed by atoms with Gasteiger partial charge in [0.05, 0.1) is 11.5 Å². The second-order valence-electron chi connectivity index (χ2n) is 6.70. The number of sulfonamides is 1. The van der Waals surface area contributed by atoms with Gasteiger partial charge in [-0.15, -0.1) is 6.58 Å². The molecule has 28 heavy (non-hydrogen) atoms. The first-order valence-corrected chi connectivity index (χ1v) is 10.5. The fourth-order valence-corrected chi connectivity index (χ4v) is 3.35. The van der Waals surface area contributed by atoms with Crippen LogP contribution in [0.5, 0.6) is 5.75 Å². The number of hydrogen-bond donors (Lipinski definition) is 2. The van der Waals surface area contributed by atoms with Crippen molar-refractivity contribution in [3.8, 4) is 5.75 Å². The number of nitrogens with one attached hydrogen (secondary N) is 2. The molecule has 0 heterocycles. The molecule has 0 saturated carbocycles. The fourth-order valence-electron chi connectivity index (χ4n) is 2.31. The number of ether oxygens (including phenoxy) is 1. The lowest BCUT2D eigenvalue weighted by molar-refractivity contribution is 0.0950. The molecule has 0 fully saturated rings. The first-order chi connectivity index (χ1) is 13.3. The van der Waals surface area contributed by atoms with Gasteiger partial charge in [0.25, 0.3) is 5.91 Å². The van der Waals surface area contributed by atoms with E-state index in [1.807, 2.05) is 24.3 Å². The lowest BCUT2D eigenvalue weighted by Crippen LogP contribution is -2.25. The summed E-state index contributed by atoms with van der Waals surface area (Å²) < 4.78 is 32.4. The SMILES string of the molecule is C=CCNS(=O)(=O)c1cccc(C(=O)NCc2ccc(OCC(C)C)cc2)c1. The van der Waals surface area contributed by atoms with Crippen molar-refractivity contribution in [2.45, 2.75) is 25.3 Å². The average Bonchev–Trinajstić information content (AvgIpc) is 2.69. The van der Waals surface area contributed by atoms with E-state index < -0.39 is 10.0 Å². The molecule has 0 spiro atoms. The summed E-state index contributed by atoms with van der Waals surface area (Å²) >= 11 is 0. The molecule has 7 heteroatoms. The molecule has 0 atom stereocenters. The van der Waals surface area contributed by atoms with E-state index in [1.54, 1.807) is 6.07 Å². The van der Waals surface area contributed by atoms with Crippen molar-refractivity contribution in [3.63, 3.8) is 0 Å². The molecular formula is C21H26N2O4S. The predicted octanol–water partition coefficient (Wildman–Crippen LogP) is 3.12. The predicted molar refractivity (Wildman–Crippen MR) is 110 cm³/mol. The Bertz CT molecular complexity index is 906. The van der Waals surface area contributed by atoms with E-state index in [0.29, 0.717) is 19.1 Å². The van der Waals surface area contributed by atoms with Gasteiger partial charge >= 0.3 is 0 Å². The standard InChI is InChI=1S/C21H26N2O4S/c1-4-12-23-28(25,26)20-7-5-6-18(13-20)21(24)22-14-17-8-10-19(11-9-17)27-15-16(2)3/h4-11,13,16,23H,1,12,14-15H2,2-3H3,(H,22,24). The Hall–Kier alpha value is -2.64. The summed E-state index contributed by atoms with van der Waals surface area (Å²) in [7, 11) is -3.68. The molecule has 2 rings (SSSR count). The van der Waals surface area contributed by atoms with Crippen LogP contribution in [0, 0.1) is 5.92 Å². The third-order valence-corrected chi connectivity index (χ3v) is 5.21. The Morgan fingerprint density at radius 2 is 1.89 bits per heavy atom. The molecule has 0 saturated heterocycles. The molecule has 0 bridgehead atoms. The smallest absolute Gasteiger partial charge is 0.251 e. The number of amides is 1. The van der Waals surface area contributed by atoms with Gasteiger partial charge in [-0.1, -0.05) is 38.1 Å². The highest BCUT2D eigenvalue weighted by atomic mass is 32.2. The number of carbonyl (C=O) groups excluding carboxylic acids is 1. The Kier molecular flexibility index (Phi) is 7.78. The minimum atomic E-state index is -3.68. The Labute approximate surface area is 166 Å². The van der Waals surface area contributed by atoms with Gasteiger partial charge in [-0.3, -0.25) is 4.79 Å². The normalized spacial score (nSPS) is 11.2. The molecule has 0 aromatic heterocycles. The number of benzene rings is 2. The number of carbonyl (C=O) groups is 1. The van der Waals surface area contributed by atoms with Gasteiger partial charge in [0.15, 0.2) is 0 Å². The lowest BCUT2D eigenvalue weighted by Gasteiger charge is -2.10. The lowest BCUT2D eigenvalue weighted by atomic mass is 10.2. The summed E-state index contributed by atoms with van der Waals surface area (Å²) in [5.74, 6) is 0.889.